The topological polar surface area (TPSA) is 107 Å². The second-order valence-electron chi connectivity index (χ2n) is 8.23. The van der Waals surface area contributed by atoms with Gasteiger partial charge in [0.15, 0.2) is 11.5 Å². The van der Waals surface area contributed by atoms with Crippen LogP contribution in [0.15, 0.2) is 55.0 Å². The number of carbonyl (C=O) groups excluding carboxylic acids is 2. The summed E-state index contributed by atoms with van der Waals surface area (Å²) >= 11 is 0. The van der Waals surface area contributed by atoms with Crippen molar-refractivity contribution < 1.29 is 23.8 Å². The van der Waals surface area contributed by atoms with Crippen LogP contribution in [0.2, 0.25) is 0 Å². The van der Waals surface area contributed by atoms with E-state index in [0.717, 1.165) is 35.3 Å². The summed E-state index contributed by atoms with van der Waals surface area (Å²) in [6.07, 6.45) is 6.26. The fraction of sp³-hybridized carbons (Fsp3) is 0.231. The van der Waals surface area contributed by atoms with E-state index in [-0.39, 0.29) is 5.91 Å². The molecule has 1 aromatic carbocycles. The van der Waals surface area contributed by atoms with Crippen molar-refractivity contribution in [3.05, 3.63) is 66.1 Å². The Morgan fingerprint density at radius 3 is 2.50 bits per heavy atom. The molecule has 1 aliphatic rings. The van der Waals surface area contributed by atoms with Gasteiger partial charge in [-0.25, -0.2) is 14.8 Å². The molecule has 10 heteroatoms. The molecule has 36 heavy (non-hydrogen) atoms. The molecule has 2 amide bonds. The summed E-state index contributed by atoms with van der Waals surface area (Å²) in [6, 6.07) is 10.9. The maximum absolute atomic E-state index is 13.7. The SMILES string of the molecule is COC(=O)Nc1ccc(-c2cnc3ccc(C(=O)N4CCCc5cc(OC)c(OC)cc54)cn23)cn1. The molecule has 184 valence electrons. The van der Waals surface area contributed by atoms with Crippen LogP contribution in [0, 0.1) is 0 Å². The lowest BCUT2D eigenvalue weighted by molar-refractivity contribution is 0.0984. The highest BCUT2D eigenvalue weighted by Crippen LogP contribution is 2.38. The summed E-state index contributed by atoms with van der Waals surface area (Å²) in [4.78, 5) is 35.6. The fourth-order valence-electron chi connectivity index (χ4n) is 4.37. The number of methoxy groups -OCH3 is 3. The van der Waals surface area contributed by atoms with Crippen LogP contribution in [0.5, 0.6) is 11.5 Å². The number of nitrogens with one attached hydrogen (secondary N) is 1. The molecule has 5 rings (SSSR count). The lowest BCUT2D eigenvalue weighted by Crippen LogP contribution is -2.35. The Morgan fingerprint density at radius 1 is 0.972 bits per heavy atom. The first-order valence-corrected chi connectivity index (χ1v) is 11.4. The number of ether oxygens (including phenoxy) is 3. The molecule has 0 fully saturated rings. The number of pyridine rings is 2. The number of anilines is 2. The van der Waals surface area contributed by atoms with E-state index in [1.165, 1.54) is 7.11 Å². The molecule has 0 radical (unpaired) electrons. The van der Waals surface area contributed by atoms with Gasteiger partial charge >= 0.3 is 6.09 Å². The zero-order chi connectivity index (χ0) is 25.2. The molecule has 1 aliphatic heterocycles. The van der Waals surface area contributed by atoms with E-state index in [1.807, 2.05) is 28.7 Å². The summed E-state index contributed by atoms with van der Waals surface area (Å²) in [7, 11) is 4.48. The molecule has 4 heterocycles. The summed E-state index contributed by atoms with van der Waals surface area (Å²) in [5.74, 6) is 1.49. The first-order valence-electron chi connectivity index (χ1n) is 11.4. The molecule has 0 unspecified atom stereocenters. The van der Waals surface area contributed by atoms with Gasteiger partial charge in [-0.1, -0.05) is 0 Å². The quantitative estimate of drug-likeness (QED) is 0.450. The van der Waals surface area contributed by atoms with Gasteiger partial charge < -0.3 is 19.1 Å². The van der Waals surface area contributed by atoms with E-state index in [9.17, 15) is 9.59 Å². The summed E-state index contributed by atoms with van der Waals surface area (Å²) in [5.41, 5.74) is 4.64. The number of aryl methyl sites for hydroxylation is 1. The number of aromatic nitrogens is 3. The predicted molar refractivity (Wildman–Crippen MR) is 134 cm³/mol. The minimum atomic E-state index is -0.594. The standard InChI is InChI=1S/C26H25N5O5/c1-34-21-11-16-5-4-10-30(19(16)12-22(21)35-2)25(32)18-7-9-24-28-14-20(31(24)15-18)17-6-8-23(27-13-17)29-26(33)36-3/h6-9,11-15H,4-5,10H2,1-3H3,(H,27,29,33). The van der Waals surface area contributed by atoms with Gasteiger partial charge in [-0.3, -0.25) is 14.5 Å². The van der Waals surface area contributed by atoms with Gasteiger partial charge in [0.25, 0.3) is 5.91 Å². The molecule has 0 atom stereocenters. The number of nitrogens with zero attached hydrogens (tertiary/aromatic N) is 4. The Kier molecular flexibility index (Phi) is 6.16. The molecule has 0 saturated heterocycles. The van der Waals surface area contributed by atoms with E-state index in [2.05, 4.69) is 20.0 Å². The second-order valence-corrected chi connectivity index (χ2v) is 8.23. The highest BCUT2D eigenvalue weighted by Gasteiger charge is 2.26. The van der Waals surface area contributed by atoms with Crippen LogP contribution in [0.3, 0.4) is 0 Å². The van der Waals surface area contributed by atoms with Crippen LogP contribution in [0.1, 0.15) is 22.3 Å². The zero-order valence-electron chi connectivity index (χ0n) is 20.1. The number of rotatable bonds is 5. The van der Waals surface area contributed by atoms with Crippen molar-refractivity contribution in [2.24, 2.45) is 0 Å². The second kappa shape index (κ2) is 9.57. The lowest BCUT2D eigenvalue weighted by Gasteiger charge is -2.30. The number of hydrogen-bond donors (Lipinski definition) is 1. The molecule has 1 N–H and O–H groups in total. The van der Waals surface area contributed by atoms with Crippen LogP contribution in [-0.4, -0.2) is 54.2 Å². The third kappa shape index (κ3) is 4.17. The van der Waals surface area contributed by atoms with Gasteiger partial charge in [0, 0.05) is 30.6 Å². The average Bonchev–Trinajstić information content (AvgIpc) is 3.35. The number of benzene rings is 1. The van der Waals surface area contributed by atoms with Crippen LogP contribution >= 0.6 is 0 Å². The highest BCUT2D eigenvalue weighted by atomic mass is 16.5. The van der Waals surface area contributed by atoms with Crippen LogP contribution in [0.4, 0.5) is 16.3 Å². The van der Waals surface area contributed by atoms with Crippen molar-refractivity contribution >= 4 is 29.2 Å². The normalized spacial score (nSPS) is 12.7. The lowest BCUT2D eigenvalue weighted by atomic mass is 10.00. The molecule has 4 aromatic rings. The minimum Gasteiger partial charge on any atom is -0.493 e. The van der Waals surface area contributed by atoms with E-state index >= 15 is 0 Å². The predicted octanol–water partition coefficient (Wildman–Crippen LogP) is 4.18. The van der Waals surface area contributed by atoms with Crippen LogP contribution in [-0.2, 0) is 11.2 Å². The zero-order valence-corrected chi connectivity index (χ0v) is 20.1. The van der Waals surface area contributed by atoms with E-state index in [0.29, 0.717) is 35.1 Å². The Bertz CT molecular complexity index is 1450. The first-order chi connectivity index (χ1) is 17.5. The van der Waals surface area contributed by atoms with Gasteiger partial charge in [0.1, 0.15) is 11.5 Å². The minimum absolute atomic E-state index is 0.111. The maximum Gasteiger partial charge on any atom is 0.412 e. The largest absolute Gasteiger partial charge is 0.493 e. The monoisotopic (exact) mass is 487 g/mol. The number of fused-ring (bicyclic) bond motifs is 2. The Morgan fingerprint density at radius 2 is 1.78 bits per heavy atom. The van der Waals surface area contributed by atoms with Crippen LogP contribution in [0.25, 0.3) is 16.9 Å². The van der Waals surface area contributed by atoms with Crippen molar-refractivity contribution in [2.45, 2.75) is 12.8 Å². The third-order valence-corrected chi connectivity index (χ3v) is 6.18. The van der Waals surface area contributed by atoms with Gasteiger partial charge in [0.05, 0.1) is 44.5 Å². The van der Waals surface area contributed by atoms with E-state index in [4.69, 9.17) is 9.47 Å². The summed E-state index contributed by atoms with van der Waals surface area (Å²) in [6.45, 7) is 0.606. The first kappa shape index (κ1) is 23.2. The van der Waals surface area contributed by atoms with Gasteiger partial charge in [0.2, 0.25) is 0 Å². The maximum atomic E-state index is 13.7. The van der Waals surface area contributed by atoms with Gasteiger partial charge in [-0.05, 0) is 48.7 Å². The molecular weight excluding hydrogens is 462 g/mol. The summed E-state index contributed by atoms with van der Waals surface area (Å²) < 4.78 is 17.4. The highest BCUT2D eigenvalue weighted by molar-refractivity contribution is 6.07. The number of hydrogen-bond acceptors (Lipinski definition) is 7. The van der Waals surface area contributed by atoms with Crippen molar-refractivity contribution in [2.75, 3.05) is 38.1 Å². The van der Waals surface area contributed by atoms with Crippen LogP contribution < -0.4 is 19.7 Å². The number of carbonyl (C=O) groups is 2. The van der Waals surface area contributed by atoms with E-state index in [1.54, 1.807) is 49.8 Å². The Hall–Kier alpha value is -4.60. The molecule has 0 saturated carbocycles. The molecule has 0 aliphatic carbocycles. The Labute approximate surface area is 207 Å². The molecule has 0 bridgehead atoms. The van der Waals surface area contributed by atoms with Crippen molar-refractivity contribution in [1.82, 2.24) is 14.4 Å². The third-order valence-electron chi connectivity index (χ3n) is 6.18. The number of amides is 2. The summed E-state index contributed by atoms with van der Waals surface area (Å²) in [5, 5.41) is 2.52. The molecule has 3 aromatic heterocycles. The van der Waals surface area contributed by atoms with Gasteiger partial charge in [-0.2, -0.15) is 0 Å². The molecule has 0 spiro atoms. The van der Waals surface area contributed by atoms with Crippen molar-refractivity contribution in [1.29, 1.82) is 0 Å². The molecular formula is C26H25N5O5. The van der Waals surface area contributed by atoms with E-state index < -0.39 is 6.09 Å². The molecule has 10 nitrogen and oxygen atoms in total. The number of imidazole rings is 1. The van der Waals surface area contributed by atoms with Crippen molar-refractivity contribution in [3.63, 3.8) is 0 Å². The Balaban J connectivity index is 1.48. The average molecular weight is 488 g/mol. The fourth-order valence-corrected chi connectivity index (χ4v) is 4.37. The van der Waals surface area contributed by atoms with Crippen molar-refractivity contribution in [3.8, 4) is 22.8 Å². The smallest absolute Gasteiger partial charge is 0.412 e. The van der Waals surface area contributed by atoms with Gasteiger partial charge in [-0.15, -0.1) is 0 Å².